The van der Waals surface area contributed by atoms with Gasteiger partial charge in [0, 0.05) is 11.6 Å². The number of nitrogens with two attached hydrogens (primary N) is 1. The number of nitrogens with zero attached hydrogens (tertiary/aromatic N) is 3. The van der Waals surface area contributed by atoms with E-state index in [1.807, 2.05) is 0 Å². The fourth-order valence-corrected chi connectivity index (χ4v) is 3.86. The van der Waals surface area contributed by atoms with Crippen molar-refractivity contribution >= 4 is 39.9 Å². The largest absolute Gasteiger partial charge is 0.497 e. The van der Waals surface area contributed by atoms with Crippen molar-refractivity contribution in [2.24, 2.45) is 0 Å². The van der Waals surface area contributed by atoms with Gasteiger partial charge >= 0.3 is 12.2 Å². The smallest absolute Gasteiger partial charge is 0.405 e. The van der Waals surface area contributed by atoms with Crippen LogP contribution in [0, 0.1) is 11.6 Å². The molecule has 4 rings (SSSR count). The van der Waals surface area contributed by atoms with Crippen LogP contribution in [-0.4, -0.2) is 46.9 Å². The zero-order valence-corrected chi connectivity index (χ0v) is 20.3. The van der Waals surface area contributed by atoms with E-state index in [1.165, 1.54) is 19.2 Å². The first-order valence-electron chi connectivity index (χ1n) is 10.6. The van der Waals surface area contributed by atoms with Crippen LogP contribution in [0.1, 0.15) is 10.4 Å². The lowest BCUT2D eigenvalue weighted by Gasteiger charge is -2.09. The summed E-state index contributed by atoms with van der Waals surface area (Å²) in [6.45, 7) is -1.56. The lowest BCUT2D eigenvalue weighted by molar-refractivity contribution is -0.122. The summed E-state index contributed by atoms with van der Waals surface area (Å²) in [6, 6.07) is 6.36. The third-order valence-corrected chi connectivity index (χ3v) is 5.80. The van der Waals surface area contributed by atoms with Crippen LogP contribution in [0.15, 0.2) is 40.9 Å². The zero-order valence-electron chi connectivity index (χ0n) is 19.5. The van der Waals surface area contributed by atoms with Gasteiger partial charge in [0.25, 0.3) is 11.8 Å². The van der Waals surface area contributed by atoms with Crippen LogP contribution in [0.4, 0.5) is 43.4 Å². The predicted octanol–water partition coefficient (Wildman–Crippen LogP) is 4.67. The van der Waals surface area contributed by atoms with Gasteiger partial charge in [0.15, 0.2) is 5.13 Å². The van der Waals surface area contributed by atoms with Crippen LogP contribution >= 0.6 is 11.3 Å². The number of anilines is 3. The Labute approximate surface area is 219 Å². The van der Waals surface area contributed by atoms with Gasteiger partial charge in [0.2, 0.25) is 5.82 Å². The number of nitrogen functional groups attached to an aromatic ring is 1. The topological polar surface area (TPSA) is 157 Å². The van der Waals surface area contributed by atoms with Crippen LogP contribution in [0.25, 0.3) is 22.2 Å². The highest BCUT2D eigenvalue weighted by Gasteiger charge is 2.28. The van der Waals surface area contributed by atoms with Crippen LogP contribution in [0.3, 0.4) is 0 Å². The van der Waals surface area contributed by atoms with Crippen molar-refractivity contribution in [2.45, 2.75) is 6.18 Å². The van der Waals surface area contributed by atoms with E-state index in [9.17, 15) is 31.5 Å². The molecule has 0 aliphatic heterocycles. The quantitative estimate of drug-likeness (QED) is 0.234. The number of nitrogens with one attached hydrogen (secondary N) is 3. The third kappa shape index (κ3) is 6.56. The first kappa shape index (κ1) is 27.2. The first-order valence-corrected chi connectivity index (χ1v) is 11.4. The van der Waals surface area contributed by atoms with E-state index in [0.717, 1.165) is 6.07 Å². The highest BCUT2D eigenvalue weighted by Crippen LogP contribution is 2.36. The summed E-state index contributed by atoms with van der Waals surface area (Å²) >= 11 is 0.695. The number of rotatable bonds is 7. The molecule has 0 spiro atoms. The lowest BCUT2D eigenvalue weighted by Crippen LogP contribution is -2.36. The Morgan fingerprint density at radius 3 is 2.59 bits per heavy atom. The average Bonchev–Trinajstić information content (AvgIpc) is 3.50. The number of amides is 3. The van der Waals surface area contributed by atoms with Gasteiger partial charge in [-0.1, -0.05) is 22.6 Å². The second kappa shape index (κ2) is 10.9. The Hall–Kier alpha value is -4.80. The fourth-order valence-electron chi connectivity index (χ4n) is 3.06. The van der Waals surface area contributed by atoms with Crippen molar-refractivity contribution in [1.29, 1.82) is 0 Å². The van der Waals surface area contributed by atoms with Crippen molar-refractivity contribution in [2.75, 3.05) is 30.0 Å². The SMILES string of the molecule is COc1cccc(C(=O)Nc2cc(-c3noc(-c4sc(NC(=O)NCC(F)(F)F)nc4N)n3)c(F)cc2F)c1. The summed E-state index contributed by atoms with van der Waals surface area (Å²) in [5.41, 5.74) is 5.23. The molecule has 2 heterocycles. The molecular formula is C22H16F5N7O4S. The number of ether oxygens (including phenoxy) is 1. The van der Waals surface area contributed by atoms with E-state index < -0.39 is 36.3 Å². The molecule has 0 radical (unpaired) electrons. The average molecular weight is 569 g/mol. The van der Waals surface area contributed by atoms with Crippen LogP contribution in [0.2, 0.25) is 0 Å². The van der Waals surface area contributed by atoms with Crippen molar-refractivity contribution < 1.29 is 40.8 Å². The fraction of sp³-hybridized carbons (Fsp3) is 0.136. The molecule has 5 N–H and O–H groups in total. The van der Waals surface area contributed by atoms with Gasteiger partial charge in [-0.25, -0.2) is 18.6 Å². The molecule has 0 unspecified atom stereocenters. The highest BCUT2D eigenvalue weighted by molar-refractivity contribution is 7.19. The molecule has 39 heavy (non-hydrogen) atoms. The summed E-state index contributed by atoms with van der Waals surface area (Å²) in [5.74, 6) is -3.27. The van der Waals surface area contributed by atoms with Crippen LogP contribution in [-0.2, 0) is 0 Å². The summed E-state index contributed by atoms with van der Waals surface area (Å²) in [4.78, 5) is 32.1. The second-order valence-electron chi connectivity index (χ2n) is 7.58. The van der Waals surface area contributed by atoms with E-state index in [4.69, 9.17) is 15.0 Å². The monoisotopic (exact) mass is 569 g/mol. The maximum absolute atomic E-state index is 14.6. The molecule has 0 fully saturated rings. The molecule has 2 aromatic heterocycles. The van der Waals surface area contributed by atoms with E-state index in [2.05, 4.69) is 25.8 Å². The van der Waals surface area contributed by atoms with E-state index in [1.54, 1.807) is 17.4 Å². The lowest BCUT2D eigenvalue weighted by atomic mass is 10.1. The molecule has 0 saturated carbocycles. The summed E-state index contributed by atoms with van der Waals surface area (Å²) in [5, 5.41) is 9.48. The Morgan fingerprint density at radius 2 is 1.87 bits per heavy atom. The van der Waals surface area contributed by atoms with Gasteiger partial charge in [0.05, 0.1) is 18.4 Å². The minimum absolute atomic E-state index is 0.0222. The molecule has 204 valence electrons. The van der Waals surface area contributed by atoms with Crippen molar-refractivity contribution in [3.05, 3.63) is 53.6 Å². The second-order valence-corrected chi connectivity index (χ2v) is 8.58. The van der Waals surface area contributed by atoms with Gasteiger partial charge < -0.3 is 25.6 Å². The Balaban J connectivity index is 1.54. The van der Waals surface area contributed by atoms with E-state index in [0.29, 0.717) is 23.2 Å². The number of hydrogen-bond donors (Lipinski definition) is 4. The number of halogens is 5. The standard InChI is InChI=1S/C22H16F5N7O4S/c1-37-10-4-2-3-9(5-10)18(35)30-14-6-11(12(23)7-13(14)24)17-32-19(38-34-17)15-16(28)31-21(39-15)33-20(36)29-8-22(25,26)27/h2-7H,8,28H2,1H3,(H,30,35)(H2,29,31,33,36). The van der Waals surface area contributed by atoms with Gasteiger partial charge in [-0.15, -0.1) is 0 Å². The maximum atomic E-state index is 14.6. The van der Waals surface area contributed by atoms with Gasteiger partial charge in [0.1, 0.15) is 34.6 Å². The molecule has 3 amide bonds. The van der Waals surface area contributed by atoms with Gasteiger partial charge in [-0.05, 0) is 24.3 Å². The summed E-state index contributed by atoms with van der Waals surface area (Å²) in [7, 11) is 1.41. The van der Waals surface area contributed by atoms with Crippen molar-refractivity contribution in [3.8, 4) is 27.9 Å². The van der Waals surface area contributed by atoms with Crippen molar-refractivity contribution in [1.82, 2.24) is 20.4 Å². The number of methoxy groups -OCH3 is 1. The number of alkyl halides is 3. The number of urea groups is 1. The molecule has 0 saturated heterocycles. The predicted molar refractivity (Wildman–Crippen MR) is 129 cm³/mol. The molecule has 0 aliphatic rings. The Bertz CT molecular complexity index is 1540. The molecule has 4 aromatic rings. The zero-order chi connectivity index (χ0) is 28.3. The number of carbonyl (C=O) groups excluding carboxylic acids is 2. The minimum Gasteiger partial charge on any atom is -0.497 e. The highest BCUT2D eigenvalue weighted by atomic mass is 32.1. The van der Waals surface area contributed by atoms with Crippen molar-refractivity contribution in [3.63, 3.8) is 0 Å². The number of benzene rings is 2. The molecule has 17 heteroatoms. The maximum Gasteiger partial charge on any atom is 0.405 e. The molecule has 11 nitrogen and oxygen atoms in total. The third-order valence-electron chi connectivity index (χ3n) is 4.82. The Morgan fingerprint density at radius 1 is 1.10 bits per heavy atom. The molecule has 0 bridgehead atoms. The molecule has 0 aliphatic carbocycles. The summed E-state index contributed by atoms with van der Waals surface area (Å²) < 4.78 is 76.0. The van der Waals surface area contributed by atoms with E-state index >= 15 is 0 Å². The Kier molecular flexibility index (Phi) is 7.61. The normalized spacial score (nSPS) is 11.2. The number of thiazole rings is 1. The molecule has 0 atom stereocenters. The number of carbonyl (C=O) groups is 2. The van der Waals surface area contributed by atoms with Gasteiger partial charge in [-0.3, -0.25) is 10.1 Å². The number of hydrogen-bond acceptors (Lipinski definition) is 9. The number of aromatic nitrogens is 3. The van der Waals surface area contributed by atoms with Gasteiger partial charge in [-0.2, -0.15) is 18.2 Å². The first-order chi connectivity index (χ1) is 18.4. The van der Waals surface area contributed by atoms with Crippen LogP contribution in [0.5, 0.6) is 5.75 Å². The molecule has 2 aromatic carbocycles. The molecular weight excluding hydrogens is 553 g/mol. The van der Waals surface area contributed by atoms with Crippen LogP contribution < -0.4 is 26.4 Å². The summed E-state index contributed by atoms with van der Waals surface area (Å²) in [6.07, 6.45) is -4.61. The van der Waals surface area contributed by atoms with E-state index in [-0.39, 0.29) is 44.4 Å². The minimum atomic E-state index is -4.61.